The van der Waals surface area contributed by atoms with Crippen LogP contribution in [-0.2, 0) is 0 Å². The van der Waals surface area contributed by atoms with Crippen molar-refractivity contribution in [2.45, 2.75) is 12.3 Å². The second-order valence-corrected chi connectivity index (χ2v) is 4.61. The average Bonchev–Trinajstić information content (AvgIpc) is 3.16. The van der Waals surface area contributed by atoms with E-state index in [0.29, 0.717) is 11.8 Å². The summed E-state index contributed by atoms with van der Waals surface area (Å²) in [5.74, 6) is 3.67. The van der Waals surface area contributed by atoms with Gasteiger partial charge in [-0.3, -0.25) is 0 Å². The second kappa shape index (κ2) is 5.48. The number of benzene rings is 1. The van der Waals surface area contributed by atoms with E-state index in [2.05, 4.69) is 5.32 Å². The lowest BCUT2D eigenvalue weighted by Crippen LogP contribution is -2.10. The molecule has 0 amide bonds. The molecule has 0 aromatic heterocycles. The zero-order valence-electron chi connectivity index (χ0n) is 11.4. The summed E-state index contributed by atoms with van der Waals surface area (Å²) in [4.78, 5) is 0. The molecule has 1 saturated carbocycles. The maximum Gasteiger partial charge on any atom is 0.129 e. The number of nitrogens with one attached hydrogen (secondary N) is 1. The second-order valence-electron chi connectivity index (χ2n) is 4.61. The molecule has 1 aromatic carbocycles. The lowest BCUT2D eigenvalue weighted by atomic mass is 10.1. The monoisotopic (exact) mass is 251 g/mol. The van der Waals surface area contributed by atoms with Crippen molar-refractivity contribution in [3.05, 3.63) is 17.7 Å². The lowest BCUT2D eigenvalue weighted by Gasteiger charge is -2.15. The summed E-state index contributed by atoms with van der Waals surface area (Å²) >= 11 is 0. The fourth-order valence-electron chi connectivity index (χ4n) is 2.49. The Labute approximate surface area is 108 Å². The molecule has 100 valence electrons. The van der Waals surface area contributed by atoms with Crippen LogP contribution in [0.5, 0.6) is 17.2 Å². The summed E-state index contributed by atoms with van der Waals surface area (Å²) in [6.07, 6.45) is 1.18. The van der Waals surface area contributed by atoms with E-state index in [0.717, 1.165) is 23.8 Å². The molecule has 1 N–H and O–H groups in total. The summed E-state index contributed by atoms with van der Waals surface area (Å²) in [6.45, 7) is 1.03. The van der Waals surface area contributed by atoms with Crippen molar-refractivity contribution < 1.29 is 14.2 Å². The van der Waals surface area contributed by atoms with E-state index in [-0.39, 0.29) is 0 Å². The zero-order valence-corrected chi connectivity index (χ0v) is 11.4. The lowest BCUT2D eigenvalue weighted by molar-refractivity contribution is 0.368. The number of methoxy groups -OCH3 is 3. The van der Waals surface area contributed by atoms with Gasteiger partial charge >= 0.3 is 0 Å². The third-order valence-corrected chi connectivity index (χ3v) is 3.51. The Hall–Kier alpha value is -1.42. The van der Waals surface area contributed by atoms with E-state index in [1.807, 2.05) is 19.2 Å². The molecule has 0 bridgehead atoms. The molecule has 1 fully saturated rings. The van der Waals surface area contributed by atoms with Crippen molar-refractivity contribution >= 4 is 0 Å². The van der Waals surface area contributed by atoms with Gasteiger partial charge in [0.2, 0.25) is 0 Å². The van der Waals surface area contributed by atoms with Crippen LogP contribution in [0.1, 0.15) is 17.9 Å². The molecule has 0 heterocycles. The maximum absolute atomic E-state index is 5.48. The smallest absolute Gasteiger partial charge is 0.129 e. The van der Waals surface area contributed by atoms with Crippen molar-refractivity contribution in [3.63, 3.8) is 0 Å². The summed E-state index contributed by atoms with van der Waals surface area (Å²) in [7, 11) is 7.01. The van der Waals surface area contributed by atoms with E-state index >= 15 is 0 Å². The molecule has 2 atom stereocenters. The largest absolute Gasteiger partial charge is 0.496 e. The summed E-state index contributed by atoms with van der Waals surface area (Å²) in [5, 5.41) is 3.22. The van der Waals surface area contributed by atoms with Crippen molar-refractivity contribution in [2.75, 3.05) is 34.9 Å². The molecule has 4 heteroatoms. The van der Waals surface area contributed by atoms with Crippen LogP contribution in [0.3, 0.4) is 0 Å². The van der Waals surface area contributed by atoms with Gasteiger partial charge in [0.05, 0.1) is 21.3 Å². The van der Waals surface area contributed by atoms with Crippen molar-refractivity contribution in [3.8, 4) is 17.2 Å². The molecule has 2 rings (SSSR count). The maximum atomic E-state index is 5.48. The van der Waals surface area contributed by atoms with E-state index < -0.39 is 0 Å². The van der Waals surface area contributed by atoms with Gasteiger partial charge in [0.15, 0.2) is 0 Å². The minimum Gasteiger partial charge on any atom is -0.496 e. The Kier molecular flexibility index (Phi) is 3.97. The molecule has 0 aliphatic heterocycles. The first-order chi connectivity index (χ1) is 8.74. The van der Waals surface area contributed by atoms with E-state index in [1.165, 1.54) is 12.0 Å². The topological polar surface area (TPSA) is 39.7 Å². The van der Waals surface area contributed by atoms with E-state index in [1.54, 1.807) is 21.3 Å². The quantitative estimate of drug-likeness (QED) is 0.840. The highest BCUT2D eigenvalue weighted by Gasteiger charge is 2.41. The van der Waals surface area contributed by atoms with Crippen LogP contribution in [0.15, 0.2) is 12.1 Å². The van der Waals surface area contributed by atoms with Gasteiger partial charge < -0.3 is 19.5 Å². The fourth-order valence-corrected chi connectivity index (χ4v) is 2.49. The Balaban J connectivity index is 2.33. The van der Waals surface area contributed by atoms with E-state index in [9.17, 15) is 0 Å². The Morgan fingerprint density at radius 1 is 1.11 bits per heavy atom. The van der Waals surface area contributed by atoms with E-state index in [4.69, 9.17) is 14.2 Å². The molecule has 1 aromatic rings. The third-order valence-electron chi connectivity index (χ3n) is 3.51. The molecular formula is C14H21NO3. The van der Waals surface area contributed by atoms with Gasteiger partial charge in [-0.2, -0.15) is 0 Å². The van der Waals surface area contributed by atoms with Gasteiger partial charge in [-0.25, -0.2) is 0 Å². The van der Waals surface area contributed by atoms with Crippen LogP contribution in [-0.4, -0.2) is 34.9 Å². The van der Waals surface area contributed by atoms with Gasteiger partial charge in [-0.1, -0.05) is 0 Å². The summed E-state index contributed by atoms with van der Waals surface area (Å²) in [6, 6.07) is 3.85. The molecule has 1 aliphatic rings. The van der Waals surface area contributed by atoms with Crippen molar-refractivity contribution in [2.24, 2.45) is 5.92 Å². The molecular weight excluding hydrogens is 230 g/mol. The van der Waals surface area contributed by atoms with Crippen LogP contribution < -0.4 is 19.5 Å². The molecule has 1 aliphatic carbocycles. The highest BCUT2D eigenvalue weighted by Crippen LogP contribution is 2.54. The van der Waals surface area contributed by atoms with Crippen LogP contribution in [0, 0.1) is 5.92 Å². The van der Waals surface area contributed by atoms with Gasteiger partial charge in [-0.15, -0.1) is 0 Å². The molecule has 4 nitrogen and oxygen atoms in total. The molecule has 0 radical (unpaired) electrons. The standard InChI is InChI=1S/C14H21NO3/c1-15-8-9-5-11(9)14-12(17-3)6-10(16-2)7-13(14)18-4/h6-7,9,11,15H,5,8H2,1-4H3/t9-,11+/m1/s1. The van der Waals surface area contributed by atoms with Crippen LogP contribution in [0.25, 0.3) is 0 Å². The predicted octanol–water partition coefficient (Wildman–Crippen LogP) is 2.04. The summed E-state index contributed by atoms with van der Waals surface area (Å²) in [5.41, 5.74) is 1.17. The number of rotatable bonds is 6. The minimum absolute atomic E-state index is 0.522. The van der Waals surface area contributed by atoms with Crippen molar-refractivity contribution in [1.29, 1.82) is 0 Å². The SMILES string of the molecule is CNC[C@H]1C[C@@H]1c1c(OC)cc(OC)cc1OC. The Morgan fingerprint density at radius 3 is 2.17 bits per heavy atom. The van der Waals surface area contributed by atoms with Gasteiger partial charge in [0.25, 0.3) is 0 Å². The Bertz CT molecular complexity index is 394. The highest BCUT2D eigenvalue weighted by molar-refractivity contribution is 5.54. The molecule has 18 heavy (non-hydrogen) atoms. The van der Waals surface area contributed by atoms with Crippen LogP contribution >= 0.6 is 0 Å². The molecule has 0 saturated heterocycles. The van der Waals surface area contributed by atoms with Gasteiger partial charge in [0, 0.05) is 17.7 Å². The van der Waals surface area contributed by atoms with Crippen LogP contribution in [0.2, 0.25) is 0 Å². The number of hydrogen-bond donors (Lipinski definition) is 1. The normalized spacial score (nSPS) is 21.6. The van der Waals surface area contributed by atoms with Crippen LogP contribution in [0.4, 0.5) is 0 Å². The predicted molar refractivity (Wildman–Crippen MR) is 70.9 cm³/mol. The first-order valence-electron chi connectivity index (χ1n) is 6.19. The molecule has 0 unspecified atom stereocenters. The van der Waals surface area contributed by atoms with Gasteiger partial charge in [-0.05, 0) is 31.8 Å². The highest BCUT2D eigenvalue weighted by atomic mass is 16.5. The Morgan fingerprint density at radius 2 is 1.72 bits per heavy atom. The van der Waals surface area contributed by atoms with Crippen molar-refractivity contribution in [1.82, 2.24) is 5.32 Å². The minimum atomic E-state index is 0.522. The average molecular weight is 251 g/mol. The first-order valence-corrected chi connectivity index (χ1v) is 6.19. The zero-order chi connectivity index (χ0) is 13.1. The van der Waals surface area contributed by atoms with Gasteiger partial charge in [0.1, 0.15) is 17.2 Å². The number of hydrogen-bond acceptors (Lipinski definition) is 4. The summed E-state index contributed by atoms with van der Waals surface area (Å²) < 4.78 is 16.2. The fraction of sp³-hybridized carbons (Fsp3) is 0.571. The number of ether oxygens (including phenoxy) is 3. The third kappa shape index (κ3) is 2.38. The molecule has 0 spiro atoms. The first kappa shape index (κ1) is 13.0.